The number of hydrogen-bond donors (Lipinski definition) is 1. The van der Waals surface area contributed by atoms with Gasteiger partial charge in [0.15, 0.2) is 11.4 Å². The average Bonchev–Trinajstić information content (AvgIpc) is 2.75. The molecule has 0 saturated heterocycles. The zero-order chi connectivity index (χ0) is 17.6. The van der Waals surface area contributed by atoms with E-state index in [1.807, 2.05) is 0 Å². The molecule has 128 valence electrons. The number of allylic oxidation sites excluding steroid dienone is 2. The molecule has 0 saturated carbocycles. The number of aliphatic hydroxyl groups excluding tert-OH is 1. The Bertz CT molecular complexity index is 543. The first kappa shape index (κ1) is 19.1. The Morgan fingerprint density at radius 2 is 2.00 bits per heavy atom. The Labute approximate surface area is 136 Å². The second-order valence-electron chi connectivity index (χ2n) is 5.56. The Hall–Kier alpha value is -1.92. The monoisotopic (exact) mass is 324 g/mol. The van der Waals surface area contributed by atoms with Crippen LogP contribution in [0.1, 0.15) is 27.2 Å². The minimum Gasteiger partial charge on any atom is -0.468 e. The normalized spacial score (nSPS) is 24.3. The summed E-state index contributed by atoms with van der Waals surface area (Å²) in [7, 11) is 2.84. The van der Waals surface area contributed by atoms with Gasteiger partial charge in [-0.1, -0.05) is 18.2 Å². The number of rotatable bonds is 8. The summed E-state index contributed by atoms with van der Waals surface area (Å²) in [4.78, 5) is 24.9. The van der Waals surface area contributed by atoms with Gasteiger partial charge in [0.1, 0.15) is 5.57 Å². The Morgan fingerprint density at radius 1 is 1.35 bits per heavy atom. The van der Waals surface area contributed by atoms with E-state index in [4.69, 9.17) is 19.3 Å². The van der Waals surface area contributed by atoms with Crippen LogP contribution in [0.25, 0.3) is 0 Å². The van der Waals surface area contributed by atoms with Gasteiger partial charge in [-0.2, -0.15) is 0 Å². The molecule has 6 heteroatoms. The number of ether oxygens (including phenoxy) is 3. The van der Waals surface area contributed by atoms with Crippen LogP contribution in [0.15, 0.2) is 35.8 Å². The molecule has 1 aliphatic heterocycles. The SMILES string of the molecule is COC1=C(C(=O)CC(C)OC)C(=O)C(C)(C=CC=CC(C)O)O1. The van der Waals surface area contributed by atoms with E-state index >= 15 is 0 Å². The lowest BCUT2D eigenvalue weighted by atomic mass is 9.93. The molecule has 3 unspecified atom stereocenters. The highest BCUT2D eigenvalue weighted by Gasteiger charge is 2.47. The molecule has 1 N–H and O–H groups in total. The zero-order valence-electron chi connectivity index (χ0n) is 14.2. The molecule has 1 heterocycles. The number of Topliss-reactive ketones (excluding diaryl/α,β-unsaturated/α-hetero) is 2. The topological polar surface area (TPSA) is 82.1 Å². The number of hydrogen-bond acceptors (Lipinski definition) is 6. The first-order chi connectivity index (χ1) is 10.7. The maximum atomic E-state index is 12.6. The minimum absolute atomic E-state index is 0.0650. The lowest BCUT2D eigenvalue weighted by molar-refractivity contribution is -0.128. The largest absolute Gasteiger partial charge is 0.468 e. The van der Waals surface area contributed by atoms with Gasteiger partial charge in [0.2, 0.25) is 5.78 Å². The summed E-state index contributed by atoms with van der Waals surface area (Å²) in [6.45, 7) is 4.91. The first-order valence-corrected chi connectivity index (χ1v) is 7.37. The van der Waals surface area contributed by atoms with E-state index in [2.05, 4.69) is 0 Å². The van der Waals surface area contributed by atoms with E-state index in [0.29, 0.717) is 0 Å². The number of carbonyl (C=O) groups excluding carboxylic acids is 2. The van der Waals surface area contributed by atoms with Crippen molar-refractivity contribution < 1.29 is 28.9 Å². The predicted octanol–water partition coefficient (Wildman–Crippen LogP) is 1.69. The van der Waals surface area contributed by atoms with Gasteiger partial charge in [-0.15, -0.1) is 0 Å². The van der Waals surface area contributed by atoms with Crippen LogP contribution in [0.2, 0.25) is 0 Å². The first-order valence-electron chi connectivity index (χ1n) is 7.37. The van der Waals surface area contributed by atoms with Gasteiger partial charge in [-0.05, 0) is 26.8 Å². The molecule has 1 aliphatic rings. The zero-order valence-corrected chi connectivity index (χ0v) is 14.2. The Balaban J connectivity index is 2.96. The van der Waals surface area contributed by atoms with Crippen LogP contribution in [-0.4, -0.2) is 48.7 Å². The van der Waals surface area contributed by atoms with Crippen molar-refractivity contribution in [3.05, 3.63) is 35.8 Å². The number of ketones is 2. The standard InChI is InChI=1S/C17H24O6/c1-11(18)8-6-7-9-17(3)15(20)14(16(22-5)23-17)13(19)10-12(2)21-4/h6-9,11-12,18H,10H2,1-5H3. The smallest absolute Gasteiger partial charge is 0.295 e. The number of methoxy groups -OCH3 is 2. The molecule has 0 bridgehead atoms. The fourth-order valence-corrected chi connectivity index (χ4v) is 2.04. The number of aliphatic hydroxyl groups is 1. The molecule has 0 aromatic rings. The molecule has 0 radical (unpaired) electrons. The maximum Gasteiger partial charge on any atom is 0.295 e. The van der Waals surface area contributed by atoms with Crippen LogP contribution in [0.5, 0.6) is 0 Å². The van der Waals surface area contributed by atoms with Crippen molar-refractivity contribution >= 4 is 11.6 Å². The molecule has 3 atom stereocenters. The van der Waals surface area contributed by atoms with Crippen LogP contribution in [-0.2, 0) is 23.8 Å². The van der Waals surface area contributed by atoms with Crippen LogP contribution in [0.3, 0.4) is 0 Å². The van der Waals surface area contributed by atoms with Gasteiger partial charge in [-0.25, -0.2) is 0 Å². The van der Waals surface area contributed by atoms with E-state index in [9.17, 15) is 9.59 Å². The van der Waals surface area contributed by atoms with E-state index in [-0.39, 0.29) is 29.8 Å². The molecular weight excluding hydrogens is 300 g/mol. The third-order valence-electron chi connectivity index (χ3n) is 3.44. The van der Waals surface area contributed by atoms with E-state index in [0.717, 1.165) is 0 Å². The molecule has 0 aliphatic carbocycles. The molecule has 23 heavy (non-hydrogen) atoms. The highest BCUT2D eigenvalue weighted by atomic mass is 16.7. The summed E-state index contributed by atoms with van der Waals surface area (Å²) >= 11 is 0. The van der Waals surface area contributed by atoms with Crippen LogP contribution in [0.4, 0.5) is 0 Å². The maximum absolute atomic E-state index is 12.6. The van der Waals surface area contributed by atoms with Crippen molar-refractivity contribution in [2.45, 2.75) is 45.0 Å². The quantitative estimate of drug-likeness (QED) is 0.540. The van der Waals surface area contributed by atoms with Gasteiger partial charge < -0.3 is 19.3 Å². The molecule has 1 rings (SSSR count). The highest BCUT2D eigenvalue weighted by molar-refractivity contribution is 6.25. The summed E-state index contributed by atoms with van der Waals surface area (Å²) in [5.41, 5.74) is -1.39. The lowest BCUT2D eigenvalue weighted by Gasteiger charge is -2.18. The van der Waals surface area contributed by atoms with E-state index < -0.39 is 17.5 Å². The summed E-state index contributed by atoms with van der Waals surface area (Å²) in [6, 6.07) is 0. The fraction of sp³-hybridized carbons (Fsp3) is 0.529. The molecule has 6 nitrogen and oxygen atoms in total. The van der Waals surface area contributed by atoms with Crippen molar-refractivity contribution in [1.29, 1.82) is 0 Å². The third kappa shape index (κ3) is 4.77. The molecule has 0 aromatic heterocycles. The van der Waals surface area contributed by atoms with Crippen LogP contribution in [0, 0.1) is 0 Å². The van der Waals surface area contributed by atoms with Crippen molar-refractivity contribution in [2.75, 3.05) is 14.2 Å². The van der Waals surface area contributed by atoms with Crippen molar-refractivity contribution in [1.82, 2.24) is 0 Å². The van der Waals surface area contributed by atoms with Gasteiger partial charge >= 0.3 is 0 Å². The van der Waals surface area contributed by atoms with E-state index in [1.54, 1.807) is 39.0 Å². The molecule has 0 spiro atoms. The second-order valence-corrected chi connectivity index (χ2v) is 5.56. The van der Waals surface area contributed by atoms with E-state index in [1.165, 1.54) is 20.3 Å². The minimum atomic E-state index is -1.31. The molecule has 0 aromatic carbocycles. The molecular formula is C17H24O6. The lowest BCUT2D eigenvalue weighted by Crippen LogP contribution is -2.33. The molecule has 0 amide bonds. The van der Waals surface area contributed by atoms with Crippen LogP contribution < -0.4 is 0 Å². The number of carbonyl (C=O) groups is 2. The van der Waals surface area contributed by atoms with Crippen molar-refractivity contribution in [3.63, 3.8) is 0 Å². The van der Waals surface area contributed by atoms with Crippen LogP contribution >= 0.6 is 0 Å². The summed E-state index contributed by atoms with van der Waals surface area (Å²) in [6.07, 6.45) is 5.43. The summed E-state index contributed by atoms with van der Waals surface area (Å²) in [5, 5.41) is 9.16. The average molecular weight is 324 g/mol. The van der Waals surface area contributed by atoms with Gasteiger partial charge in [0.05, 0.1) is 19.3 Å². The second kappa shape index (κ2) is 8.08. The highest BCUT2D eigenvalue weighted by Crippen LogP contribution is 2.33. The van der Waals surface area contributed by atoms with Crippen molar-refractivity contribution in [2.24, 2.45) is 0 Å². The fourth-order valence-electron chi connectivity index (χ4n) is 2.04. The molecule has 0 fully saturated rings. The van der Waals surface area contributed by atoms with Crippen molar-refractivity contribution in [3.8, 4) is 0 Å². The Kier molecular flexibility index (Phi) is 6.72. The summed E-state index contributed by atoms with van der Waals surface area (Å²) in [5.74, 6) is -0.905. The van der Waals surface area contributed by atoms with Gasteiger partial charge in [0, 0.05) is 13.5 Å². The Morgan fingerprint density at radius 3 is 2.52 bits per heavy atom. The predicted molar refractivity (Wildman–Crippen MR) is 84.6 cm³/mol. The third-order valence-corrected chi connectivity index (χ3v) is 3.44. The van der Waals surface area contributed by atoms with Gasteiger partial charge in [-0.3, -0.25) is 9.59 Å². The summed E-state index contributed by atoms with van der Waals surface area (Å²) < 4.78 is 15.6. The van der Waals surface area contributed by atoms with Gasteiger partial charge in [0.25, 0.3) is 5.95 Å².